The van der Waals surface area contributed by atoms with Crippen molar-refractivity contribution in [1.82, 2.24) is 15.2 Å². The summed E-state index contributed by atoms with van der Waals surface area (Å²) in [4.78, 5) is 11.8. The molecule has 2 heterocycles. The lowest BCUT2D eigenvalue weighted by atomic mass is 10.2. The van der Waals surface area contributed by atoms with Crippen LogP contribution in [-0.2, 0) is 4.79 Å². The minimum absolute atomic E-state index is 0.196. The molecule has 1 aliphatic heterocycles. The average molecular weight is 376 g/mol. The maximum absolute atomic E-state index is 11.8. The average Bonchev–Trinajstić information content (AvgIpc) is 2.92. The summed E-state index contributed by atoms with van der Waals surface area (Å²) in [7, 11) is 0. The third-order valence-electron chi connectivity index (χ3n) is 3.57. The van der Waals surface area contributed by atoms with Gasteiger partial charge in [-0.3, -0.25) is 10.1 Å². The van der Waals surface area contributed by atoms with Gasteiger partial charge in [-0.2, -0.15) is 0 Å². The first kappa shape index (κ1) is 15.0. The second-order valence-electron chi connectivity index (χ2n) is 5.10. The summed E-state index contributed by atoms with van der Waals surface area (Å²) in [5.74, 6) is -0.196. The van der Waals surface area contributed by atoms with Crippen molar-refractivity contribution in [3.8, 4) is 5.69 Å². The minimum Gasteiger partial charge on any atom is -0.328 e. The van der Waals surface area contributed by atoms with Gasteiger partial charge in [0, 0.05) is 21.5 Å². The Labute approximate surface area is 142 Å². The van der Waals surface area contributed by atoms with E-state index in [9.17, 15) is 4.79 Å². The van der Waals surface area contributed by atoms with Crippen LogP contribution in [-0.4, -0.2) is 15.6 Å². The van der Waals surface area contributed by atoms with Crippen LogP contribution in [0.15, 0.2) is 40.5 Å². The molecule has 1 aromatic carbocycles. The van der Waals surface area contributed by atoms with Gasteiger partial charge < -0.3 is 9.88 Å². The van der Waals surface area contributed by atoms with Crippen LogP contribution in [0, 0.1) is 13.8 Å². The smallest absolute Gasteiger partial charge is 0.273 e. The quantitative estimate of drug-likeness (QED) is 0.625. The topological polar surface area (TPSA) is 46.1 Å². The van der Waals surface area contributed by atoms with E-state index in [0.717, 1.165) is 27.1 Å². The second kappa shape index (κ2) is 5.70. The number of hydrogen-bond donors (Lipinski definition) is 2. The number of rotatable bonds is 2. The Bertz CT molecular complexity index is 806. The number of halogens is 1. The molecule has 0 aliphatic carbocycles. The molecule has 1 aromatic heterocycles. The largest absolute Gasteiger partial charge is 0.328 e. The van der Waals surface area contributed by atoms with Crippen molar-refractivity contribution in [3.63, 3.8) is 0 Å². The van der Waals surface area contributed by atoms with Crippen LogP contribution in [0.4, 0.5) is 0 Å². The molecule has 2 aromatic rings. The van der Waals surface area contributed by atoms with Crippen molar-refractivity contribution in [2.75, 3.05) is 0 Å². The van der Waals surface area contributed by atoms with Crippen LogP contribution in [0.2, 0.25) is 0 Å². The summed E-state index contributed by atoms with van der Waals surface area (Å²) in [5, 5.41) is 5.78. The summed E-state index contributed by atoms with van der Waals surface area (Å²) in [6, 6.07) is 10.2. The molecule has 1 fully saturated rings. The molecule has 2 N–H and O–H groups in total. The summed E-state index contributed by atoms with van der Waals surface area (Å²) in [6.07, 6.45) is 1.83. The zero-order valence-electron chi connectivity index (χ0n) is 12.1. The summed E-state index contributed by atoms with van der Waals surface area (Å²) in [5.41, 5.74) is 4.72. The SMILES string of the molecule is Cc1cc(/C=C2/NC(=S)NC2=O)c(C)n1-c1ccc(Br)cc1. The highest BCUT2D eigenvalue weighted by Gasteiger charge is 2.21. The van der Waals surface area contributed by atoms with Crippen LogP contribution >= 0.6 is 28.1 Å². The molecule has 1 aliphatic rings. The number of aromatic nitrogens is 1. The van der Waals surface area contributed by atoms with Crippen molar-refractivity contribution < 1.29 is 4.79 Å². The van der Waals surface area contributed by atoms with Crippen LogP contribution in [0.3, 0.4) is 0 Å². The van der Waals surface area contributed by atoms with Crippen molar-refractivity contribution in [1.29, 1.82) is 0 Å². The lowest BCUT2D eigenvalue weighted by Gasteiger charge is -2.09. The van der Waals surface area contributed by atoms with E-state index < -0.39 is 0 Å². The highest BCUT2D eigenvalue weighted by molar-refractivity contribution is 9.10. The summed E-state index contributed by atoms with van der Waals surface area (Å²) < 4.78 is 3.20. The Kier molecular flexibility index (Phi) is 3.88. The molecule has 0 radical (unpaired) electrons. The molecule has 0 saturated carbocycles. The normalized spacial score (nSPS) is 16.0. The van der Waals surface area contributed by atoms with Crippen LogP contribution in [0.5, 0.6) is 0 Å². The van der Waals surface area contributed by atoms with E-state index in [1.807, 2.05) is 32.1 Å². The second-order valence-corrected chi connectivity index (χ2v) is 6.43. The van der Waals surface area contributed by atoms with Crippen LogP contribution < -0.4 is 10.6 Å². The Morgan fingerprint density at radius 3 is 2.45 bits per heavy atom. The Hall–Kier alpha value is -1.92. The van der Waals surface area contributed by atoms with Crippen LogP contribution in [0.1, 0.15) is 17.0 Å². The zero-order chi connectivity index (χ0) is 15.9. The predicted molar refractivity (Wildman–Crippen MR) is 94.8 cm³/mol. The number of thiocarbonyl (C=S) groups is 1. The number of nitrogens with one attached hydrogen (secondary N) is 2. The molecule has 4 nitrogen and oxygen atoms in total. The Morgan fingerprint density at radius 1 is 1.18 bits per heavy atom. The minimum atomic E-state index is -0.196. The molecule has 3 rings (SSSR count). The molecule has 1 saturated heterocycles. The van der Waals surface area contributed by atoms with Gasteiger partial charge in [-0.1, -0.05) is 15.9 Å². The highest BCUT2D eigenvalue weighted by atomic mass is 79.9. The molecule has 112 valence electrons. The van der Waals surface area contributed by atoms with Gasteiger partial charge >= 0.3 is 0 Å². The number of benzene rings is 1. The fourth-order valence-electron chi connectivity index (χ4n) is 2.56. The maximum Gasteiger partial charge on any atom is 0.273 e. The number of amides is 1. The number of nitrogens with zero attached hydrogens (tertiary/aromatic N) is 1. The molecule has 1 amide bonds. The number of hydrogen-bond acceptors (Lipinski definition) is 2. The van der Waals surface area contributed by atoms with E-state index in [1.54, 1.807) is 0 Å². The molecular weight excluding hydrogens is 362 g/mol. The predicted octanol–water partition coefficient (Wildman–Crippen LogP) is 3.20. The third-order valence-corrected chi connectivity index (χ3v) is 4.31. The van der Waals surface area contributed by atoms with Crippen molar-refractivity contribution in [3.05, 3.63) is 57.5 Å². The number of carbonyl (C=O) groups excluding carboxylic acids is 1. The highest BCUT2D eigenvalue weighted by Crippen LogP contribution is 2.24. The fraction of sp³-hybridized carbons (Fsp3) is 0.125. The molecule has 6 heteroatoms. The maximum atomic E-state index is 11.8. The number of carbonyl (C=O) groups is 1. The first-order valence-electron chi connectivity index (χ1n) is 6.74. The van der Waals surface area contributed by atoms with E-state index in [2.05, 4.69) is 49.3 Å². The summed E-state index contributed by atoms with van der Waals surface area (Å²) in [6.45, 7) is 4.08. The first-order valence-corrected chi connectivity index (χ1v) is 7.95. The molecule has 0 bridgehead atoms. The standard InChI is InChI=1S/C16H14BrN3OS/c1-9-7-11(8-14-15(21)19-16(22)18-14)10(2)20(9)13-5-3-12(17)4-6-13/h3-8H,1-2H3,(H2,18,19,21,22)/b14-8+. The monoisotopic (exact) mass is 375 g/mol. The first-order chi connectivity index (χ1) is 10.5. The molecular formula is C16H14BrN3OS. The van der Waals surface area contributed by atoms with Crippen LogP contribution in [0.25, 0.3) is 11.8 Å². The number of aryl methyl sites for hydroxylation is 1. The van der Waals surface area contributed by atoms with Gasteiger partial charge in [0.1, 0.15) is 5.70 Å². The molecule has 0 atom stereocenters. The van der Waals surface area contributed by atoms with Gasteiger partial charge in [0.05, 0.1) is 0 Å². The van der Waals surface area contributed by atoms with Gasteiger partial charge in [0.25, 0.3) is 5.91 Å². The van der Waals surface area contributed by atoms with Crippen molar-refractivity contribution in [2.24, 2.45) is 0 Å². The van der Waals surface area contributed by atoms with Gasteiger partial charge in [-0.05, 0) is 68.0 Å². The van der Waals surface area contributed by atoms with Gasteiger partial charge in [0.2, 0.25) is 0 Å². The van der Waals surface area contributed by atoms with Gasteiger partial charge in [-0.15, -0.1) is 0 Å². The van der Waals surface area contributed by atoms with E-state index in [4.69, 9.17) is 12.2 Å². The molecule has 0 unspecified atom stereocenters. The van der Waals surface area contributed by atoms with Gasteiger partial charge in [-0.25, -0.2) is 0 Å². The molecule has 22 heavy (non-hydrogen) atoms. The van der Waals surface area contributed by atoms with E-state index in [0.29, 0.717) is 10.8 Å². The van der Waals surface area contributed by atoms with Crippen molar-refractivity contribution >= 4 is 45.2 Å². The van der Waals surface area contributed by atoms with E-state index in [-0.39, 0.29) is 5.91 Å². The third kappa shape index (κ3) is 2.71. The van der Waals surface area contributed by atoms with E-state index in [1.165, 1.54) is 0 Å². The fourth-order valence-corrected chi connectivity index (χ4v) is 3.03. The lowest BCUT2D eigenvalue weighted by Crippen LogP contribution is -2.21. The lowest BCUT2D eigenvalue weighted by molar-refractivity contribution is -0.115. The summed E-state index contributed by atoms with van der Waals surface area (Å²) >= 11 is 8.40. The zero-order valence-corrected chi connectivity index (χ0v) is 14.5. The molecule has 0 spiro atoms. The Balaban J connectivity index is 2.04. The van der Waals surface area contributed by atoms with E-state index >= 15 is 0 Å². The van der Waals surface area contributed by atoms with Gasteiger partial charge in [0.15, 0.2) is 5.11 Å². The van der Waals surface area contributed by atoms with Crippen molar-refractivity contribution in [2.45, 2.75) is 13.8 Å². The Morgan fingerprint density at radius 2 is 1.86 bits per heavy atom.